The van der Waals surface area contributed by atoms with Crippen molar-refractivity contribution in [2.24, 2.45) is 5.92 Å². The molecule has 0 saturated carbocycles. The second kappa shape index (κ2) is 7.92. The van der Waals surface area contributed by atoms with Crippen LogP contribution in [-0.4, -0.2) is 71.5 Å². The number of anilines is 1. The van der Waals surface area contributed by atoms with Crippen molar-refractivity contribution >= 4 is 11.9 Å². The third kappa shape index (κ3) is 4.04. The van der Waals surface area contributed by atoms with Gasteiger partial charge in [-0.05, 0) is 38.8 Å². The maximum atomic E-state index is 12.9. The Balaban J connectivity index is 1.57. The van der Waals surface area contributed by atoms with Gasteiger partial charge < -0.3 is 9.80 Å². The fourth-order valence-corrected chi connectivity index (χ4v) is 3.71. The second-order valence-electron chi connectivity index (χ2n) is 6.95. The molecule has 0 aliphatic carbocycles. The molecular weight excluding hydrogens is 302 g/mol. The number of piperidine rings is 1. The van der Waals surface area contributed by atoms with Gasteiger partial charge in [-0.1, -0.05) is 6.92 Å². The molecule has 0 spiro atoms. The van der Waals surface area contributed by atoms with Crippen LogP contribution in [0.3, 0.4) is 0 Å². The number of piperazine rings is 1. The lowest BCUT2D eigenvalue weighted by Crippen LogP contribution is -2.52. The van der Waals surface area contributed by atoms with E-state index >= 15 is 0 Å². The number of carbonyl (C=O) groups excluding carboxylic acids is 1. The minimum absolute atomic E-state index is 0.0839. The monoisotopic (exact) mass is 331 g/mol. The molecule has 1 amide bonds. The number of nitrogens with zero attached hydrogens (tertiary/aromatic N) is 5. The van der Waals surface area contributed by atoms with E-state index in [4.69, 9.17) is 0 Å². The summed E-state index contributed by atoms with van der Waals surface area (Å²) in [4.78, 5) is 28.5. The van der Waals surface area contributed by atoms with Crippen LogP contribution >= 0.6 is 0 Å². The summed E-state index contributed by atoms with van der Waals surface area (Å²) in [6.07, 6.45) is 5.00. The third-order valence-electron chi connectivity index (χ3n) is 5.06. The SMILES string of the molecule is CCCN1CCN(C(=O)[C@H]2CCCN(c3nccc(C)n3)C2)CC1. The van der Waals surface area contributed by atoms with E-state index in [0.717, 1.165) is 70.3 Å². The van der Waals surface area contributed by atoms with Crippen molar-refractivity contribution in [3.8, 4) is 0 Å². The van der Waals surface area contributed by atoms with Crippen molar-refractivity contribution in [1.82, 2.24) is 19.8 Å². The Kier molecular flexibility index (Phi) is 5.66. The first-order chi connectivity index (χ1) is 11.7. The van der Waals surface area contributed by atoms with Crippen LogP contribution in [0.15, 0.2) is 12.3 Å². The average molecular weight is 331 g/mol. The maximum absolute atomic E-state index is 12.9. The van der Waals surface area contributed by atoms with Crippen molar-refractivity contribution in [3.05, 3.63) is 18.0 Å². The largest absolute Gasteiger partial charge is 0.340 e. The van der Waals surface area contributed by atoms with Gasteiger partial charge in [-0.2, -0.15) is 0 Å². The van der Waals surface area contributed by atoms with Crippen molar-refractivity contribution in [2.45, 2.75) is 33.1 Å². The van der Waals surface area contributed by atoms with Gasteiger partial charge in [0.1, 0.15) is 0 Å². The first-order valence-corrected chi connectivity index (χ1v) is 9.23. The Morgan fingerprint density at radius 1 is 1.25 bits per heavy atom. The normalized spacial score (nSPS) is 22.7. The first kappa shape index (κ1) is 17.1. The zero-order chi connectivity index (χ0) is 16.9. The van der Waals surface area contributed by atoms with Crippen molar-refractivity contribution in [3.63, 3.8) is 0 Å². The topological polar surface area (TPSA) is 52.6 Å². The number of amides is 1. The van der Waals surface area contributed by atoms with Gasteiger partial charge in [0.2, 0.25) is 11.9 Å². The standard InChI is InChI=1S/C18H29N5O/c1-3-8-21-10-12-22(13-11-21)17(24)16-5-4-9-23(14-16)18-19-7-6-15(2)20-18/h6-7,16H,3-5,8-14H2,1-2H3/t16-/m0/s1. The number of aromatic nitrogens is 2. The molecule has 1 aromatic rings. The molecule has 2 saturated heterocycles. The van der Waals surface area contributed by atoms with Gasteiger partial charge in [0.05, 0.1) is 5.92 Å². The van der Waals surface area contributed by atoms with Gasteiger partial charge in [-0.15, -0.1) is 0 Å². The zero-order valence-electron chi connectivity index (χ0n) is 14.9. The van der Waals surface area contributed by atoms with Crippen LogP contribution in [0, 0.1) is 12.8 Å². The highest BCUT2D eigenvalue weighted by Gasteiger charge is 2.31. The lowest BCUT2D eigenvalue weighted by molar-refractivity contribution is -0.137. The summed E-state index contributed by atoms with van der Waals surface area (Å²) < 4.78 is 0. The van der Waals surface area contributed by atoms with E-state index in [9.17, 15) is 4.79 Å². The number of aryl methyl sites for hydroxylation is 1. The molecule has 0 unspecified atom stereocenters. The Morgan fingerprint density at radius 3 is 2.75 bits per heavy atom. The number of hydrogen-bond acceptors (Lipinski definition) is 5. The number of rotatable bonds is 4. The van der Waals surface area contributed by atoms with Gasteiger partial charge >= 0.3 is 0 Å². The lowest BCUT2D eigenvalue weighted by atomic mass is 9.96. The van der Waals surface area contributed by atoms with Crippen LogP contribution in [-0.2, 0) is 4.79 Å². The number of hydrogen-bond donors (Lipinski definition) is 0. The fourth-order valence-electron chi connectivity index (χ4n) is 3.71. The molecule has 0 radical (unpaired) electrons. The van der Waals surface area contributed by atoms with Crippen LogP contribution in [0.5, 0.6) is 0 Å². The average Bonchev–Trinajstić information content (AvgIpc) is 2.62. The fraction of sp³-hybridized carbons (Fsp3) is 0.722. The van der Waals surface area contributed by atoms with Gasteiger partial charge in [-0.25, -0.2) is 9.97 Å². The van der Waals surface area contributed by atoms with E-state index in [2.05, 4.69) is 31.6 Å². The van der Waals surface area contributed by atoms with E-state index in [1.165, 1.54) is 6.42 Å². The summed E-state index contributed by atoms with van der Waals surface area (Å²) in [6.45, 7) is 10.8. The van der Waals surface area contributed by atoms with Crippen LogP contribution in [0.4, 0.5) is 5.95 Å². The van der Waals surface area contributed by atoms with E-state index in [1.54, 1.807) is 6.20 Å². The number of carbonyl (C=O) groups is 1. The quantitative estimate of drug-likeness (QED) is 0.838. The molecule has 3 rings (SSSR count). The Bertz CT molecular complexity index is 556. The summed E-state index contributed by atoms with van der Waals surface area (Å²) in [7, 11) is 0. The van der Waals surface area contributed by atoms with Crippen LogP contribution < -0.4 is 4.90 Å². The minimum atomic E-state index is 0.0839. The predicted octanol–water partition coefficient (Wildman–Crippen LogP) is 1.56. The molecule has 0 aromatic carbocycles. The van der Waals surface area contributed by atoms with Crippen molar-refractivity contribution in [2.75, 3.05) is 50.7 Å². The molecule has 2 aliphatic rings. The molecule has 2 fully saturated rings. The Labute approximate surface area is 144 Å². The van der Waals surface area contributed by atoms with Gasteiger partial charge in [0.25, 0.3) is 0 Å². The molecule has 132 valence electrons. The van der Waals surface area contributed by atoms with Crippen LogP contribution in [0.2, 0.25) is 0 Å². The summed E-state index contributed by atoms with van der Waals surface area (Å²) in [5.74, 6) is 1.17. The van der Waals surface area contributed by atoms with Crippen LogP contribution in [0.25, 0.3) is 0 Å². The van der Waals surface area contributed by atoms with E-state index in [1.807, 2.05) is 13.0 Å². The molecule has 3 heterocycles. The highest BCUT2D eigenvalue weighted by Crippen LogP contribution is 2.22. The van der Waals surface area contributed by atoms with Crippen molar-refractivity contribution < 1.29 is 4.79 Å². The second-order valence-corrected chi connectivity index (χ2v) is 6.95. The van der Waals surface area contributed by atoms with E-state index in [-0.39, 0.29) is 5.92 Å². The maximum Gasteiger partial charge on any atom is 0.227 e. The van der Waals surface area contributed by atoms with Gasteiger partial charge in [-0.3, -0.25) is 9.69 Å². The Morgan fingerprint density at radius 2 is 2.04 bits per heavy atom. The third-order valence-corrected chi connectivity index (χ3v) is 5.06. The molecule has 0 N–H and O–H groups in total. The molecule has 1 atom stereocenters. The van der Waals surface area contributed by atoms with Gasteiger partial charge in [0, 0.05) is 51.2 Å². The van der Waals surface area contributed by atoms with Crippen LogP contribution in [0.1, 0.15) is 31.9 Å². The molecule has 2 aliphatic heterocycles. The van der Waals surface area contributed by atoms with Gasteiger partial charge in [0.15, 0.2) is 0 Å². The molecule has 6 heteroatoms. The summed E-state index contributed by atoms with van der Waals surface area (Å²) in [5.41, 5.74) is 0.973. The molecule has 6 nitrogen and oxygen atoms in total. The summed E-state index contributed by atoms with van der Waals surface area (Å²) in [5, 5.41) is 0. The molecule has 0 bridgehead atoms. The van der Waals surface area contributed by atoms with Crippen molar-refractivity contribution in [1.29, 1.82) is 0 Å². The summed E-state index contributed by atoms with van der Waals surface area (Å²) >= 11 is 0. The zero-order valence-corrected chi connectivity index (χ0v) is 14.9. The molecular formula is C18H29N5O. The summed E-state index contributed by atoms with van der Waals surface area (Å²) in [6, 6.07) is 1.91. The highest BCUT2D eigenvalue weighted by molar-refractivity contribution is 5.79. The van der Waals surface area contributed by atoms with E-state index < -0.39 is 0 Å². The first-order valence-electron chi connectivity index (χ1n) is 9.23. The smallest absolute Gasteiger partial charge is 0.227 e. The lowest BCUT2D eigenvalue weighted by Gasteiger charge is -2.39. The molecule has 1 aromatic heterocycles. The molecule has 24 heavy (non-hydrogen) atoms. The Hall–Kier alpha value is -1.69. The van der Waals surface area contributed by atoms with E-state index in [0.29, 0.717) is 5.91 Å². The predicted molar refractivity (Wildman–Crippen MR) is 95.0 cm³/mol. The highest BCUT2D eigenvalue weighted by atomic mass is 16.2. The minimum Gasteiger partial charge on any atom is -0.340 e.